The minimum absolute atomic E-state index is 0.0413. The van der Waals surface area contributed by atoms with Gasteiger partial charge in [0.05, 0.1) is 4.92 Å². The number of primary amides is 1. The normalized spacial score (nSPS) is 11.6. The minimum atomic E-state index is -1.36. The van der Waals surface area contributed by atoms with E-state index >= 15 is 0 Å². The molecular weight excluding hydrogens is 242 g/mol. The molecule has 0 bridgehead atoms. The molecular formula is C10H11N3O5. The first-order valence-electron chi connectivity index (χ1n) is 4.92. The van der Waals surface area contributed by atoms with Crippen LogP contribution in [0.25, 0.3) is 0 Å². The first-order chi connectivity index (χ1) is 8.40. The van der Waals surface area contributed by atoms with Gasteiger partial charge >= 0.3 is 6.09 Å². The Bertz CT molecular complexity index is 471. The smallest absolute Gasteiger partial charge is 0.405 e. The van der Waals surface area contributed by atoms with E-state index in [0.29, 0.717) is 5.56 Å². The van der Waals surface area contributed by atoms with Gasteiger partial charge in [0.25, 0.3) is 5.69 Å². The number of nitro groups is 1. The fourth-order valence-electron chi connectivity index (χ4n) is 1.36. The number of amides is 2. The van der Waals surface area contributed by atoms with Crippen molar-refractivity contribution in [2.45, 2.75) is 12.5 Å². The number of non-ortho nitro benzene ring substituents is 1. The lowest BCUT2D eigenvalue weighted by Crippen LogP contribution is -2.45. The van der Waals surface area contributed by atoms with Crippen LogP contribution < -0.4 is 11.1 Å². The average Bonchev–Trinajstić information content (AvgIpc) is 2.28. The molecule has 0 aliphatic carbocycles. The van der Waals surface area contributed by atoms with Crippen molar-refractivity contribution in [1.82, 2.24) is 5.32 Å². The van der Waals surface area contributed by atoms with E-state index in [1.807, 2.05) is 5.32 Å². The lowest BCUT2D eigenvalue weighted by molar-refractivity contribution is -0.384. The first kappa shape index (κ1) is 13.4. The van der Waals surface area contributed by atoms with E-state index in [1.165, 1.54) is 24.3 Å². The molecule has 0 fully saturated rings. The van der Waals surface area contributed by atoms with Crippen molar-refractivity contribution in [3.05, 3.63) is 39.9 Å². The minimum Gasteiger partial charge on any atom is -0.465 e. The number of nitrogens with zero attached hydrogens (tertiary/aromatic N) is 1. The zero-order valence-electron chi connectivity index (χ0n) is 9.20. The Hall–Kier alpha value is -2.64. The molecule has 1 aromatic rings. The maximum absolute atomic E-state index is 11.0. The van der Waals surface area contributed by atoms with E-state index in [1.54, 1.807) is 0 Å². The Morgan fingerprint density at radius 1 is 1.39 bits per heavy atom. The van der Waals surface area contributed by atoms with E-state index in [9.17, 15) is 19.7 Å². The van der Waals surface area contributed by atoms with E-state index in [0.717, 1.165) is 0 Å². The molecule has 0 aliphatic rings. The summed E-state index contributed by atoms with van der Waals surface area (Å²) >= 11 is 0. The maximum Gasteiger partial charge on any atom is 0.405 e. The zero-order valence-corrected chi connectivity index (χ0v) is 9.20. The number of benzene rings is 1. The van der Waals surface area contributed by atoms with Gasteiger partial charge in [-0.05, 0) is 5.56 Å². The van der Waals surface area contributed by atoms with Gasteiger partial charge in [-0.2, -0.15) is 0 Å². The van der Waals surface area contributed by atoms with Crippen molar-refractivity contribution in [3.8, 4) is 0 Å². The quantitative estimate of drug-likeness (QED) is 0.510. The van der Waals surface area contributed by atoms with Crippen molar-refractivity contribution in [1.29, 1.82) is 0 Å². The Balaban J connectivity index is 2.78. The monoisotopic (exact) mass is 253 g/mol. The standard InChI is InChI=1S/C10H11N3O5/c11-9(14)8(12-10(15)16)5-6-1-3-7(4-2-6)13(17)18/h1-4,8,12H,5H2,(H2,11,14)(H,15,16). The molecule has 1 aromatic carbocycles. The van der Waals surface area contributed by atoms with E-state index in [4.69, 9.17) is 10.8 Å². The highest BCUT2D eigenvalue weighted by atomic mass is 16.6. The predicted octanol–water partition coefficient (Wildman–Crippen LogP) is 0.259. The summed E-state index contributed by atoms with van der Waals surface area (Å²) in [6.07, 6.45) is -1.32. The fraction of sp³-hybridized carbons (Fsp3) is 0.200. The number of nitro benzene ring substituents is 1. The molecule has 96 valence electrons. The topological polar surface area (TPSA) is 136 Å². The second kappa shape index (κ2) is 5.62. The Kier molecular flexibility index (Phi) is 4.19. The van der Waals surface area contributed by atoms with Crippen LogP contribution in [0.2, 0.25) is 0 Å². The molecule has 18 heavy (non-hydrogen) atoms. The molecule has 0 aromatic heterocycles. The van der Waals surface area contributed by atoms with Crippen molar-refractivity contribution in [3.63, 3.8) is 0 Å². The van der Waals surface area contributed by atoms with Gasteiger partial charge in [0.2, 0.25) is 5.91 Å². The van der Waals surface area contributed by atoms with E-state index in [2.05, 4.69) is 0 Å². The Labute approximate surface area is 102 Å². The van der Waals surface area contributed by atoms with Crippen molar-refractivity contribution < 1.29 is 19.6 Å². The number of nitrogens with two attached hydrogens (primary N) is 1. The van der Waals surface area contributed by atoms with Gasteiger partial charge in [-0.3, -0.25) is 14.9 Å². The lowest BCUT2D eigenvalue weighted by atomic mass is 10.1. The molecule has 0 saturated carbocycles. The van der Waals surface area contributed by atoms with Crippen LogP contribution in [-0.2, 0) is 11.2 Å². The van der Waals surface area contributed by atoms with Gasteiger partial charge in [-0.25, -0.2) is 4.79 Å². The lowest BCUT2D eigenvalue weighted by Gasteiger charge is -2.12. The number of rotatable bonds is 5. The molecule has 0 saturated heterocycles. The summed E-state index contributed by atoms with van der Waals surface area (Å²) in [6.45, 7) is 0. The second-order valence-electron chi connectivity index (χ2n) is 3.53. The number of carboxylic acid groups (broad SMARTS) is 1. The summed E-state index contributed by atoms with van der Waals surface area (Å²) in [5.41, 5.74) is 5.52. The van der Waals surface area contributed by atoms with Gasteiger partial charge in [0.1, 0.15) is 6.04 Å². The molecule has 0 aliphatic heterocycles. The molecule has 8 heteroatoms. The summed E-state index contributed by atoms with van der Waals surface area (Å²) in [7, 11) is 0. The van der Waals surface area contributed by atoms with Gasteiger partial charge in [-0.15, -0.1) is 0 Å². The zero-order chi connectivity index (χ0) is 13.7. The number of carbonyl (C=O) groups is 2. The van der Waals surface area contributed by atoms with Crippen LogP contribution in [0, 0.1) is 10.1 Å². The van der Waals surface area contributed by atoms with E-state index < -0.39 is 23.0 Å². The molecule has 1 atom stereocenters. The van der Waals surface area contributed by atoms with Crippen LogP contribution in [0.3, 0.4) is 0 Å². The average molecular weight is 253 g/mol. The Morgan fingerprint density at radius 3 is 2.33 bits per heavy atom. The van der Waals surface area contributed by atoms with Gasteiger partial charge in [-0.1, -0.05) is 12.1 Å². The largest absolute Gasteiger partial charge is 0.465 e. The molecule has 0 radical (unpaired) electrons. The van der Waals surface area contributed by atoms with E-state index in [-0.39, 0.29) is 12.1 Å². The fourth-order valence-corrected chi connectivity index (χ4v) is 1.36. The number of hydrogen-bond donors (Lipinski definition) is 3. The highest BCUT2D eigenvalue weighted by Gasteiger charge is 2.18. The molecule has 8 nitrogen and oxygen atoms in total. The Morgan fingerprint density at radius 2 is 1.94 bits per heavy atom. The van der Waals surface area contributed by atoms with Crippen LogP contribution in [0.15, 0.2) is 24.3 Å². The van der Waals surface area contributed by atoms with Crippen LogP contribution >= 0.6 is 0 Å². The van der Waals surface area contributed by atoms with Crippen LogP contribution in [0.5, 0.6) is 0 Å². The molecule has 0 spiro atoms. The van der Waals surface area contributed by atoms with Crippen molar-refractivity contribution >= 4 is 17.7 Å². The molecule has 1 rings (SSSR count). The second-order valence-corrected chi connectivity index (χ2v) is 3.53. The summed E-state index contributed by atoms with van der Waals surface area (Å²) in [5.74, 6) is -0.809. The third-order valence-corrected chi connectivity index (χ3v) is 2.23. The van der Waals surface area contributed by atoms with Gasteiger partial charge < -0.3 is 16.2 Å². The van der Waals surface area contributed by atoms with Crippen molar-refractivity contribution in [2.75, 3.05) is 0 Å². The summed E-state index contributed by atoms with van der Waals surface area (Å²) in [6, 6.07) is 4.36. The van der Waals surface area contributed by atoms with Crippen LogP contribution in [0.4, 0.5) is 10.5 Å². The highest BCUT2D eigenvalue weighted by molar-refractivity contribution is 5.84. The van der Waals surface area contributed by atoms with Crippen LogP contribution in [0.1, 0.15) is 5.56 Å². The molecule has 1 unspecified atom stereocenters. The molecule has 2 amide bonds. The van der Waals surface area contributed by atoms with Crippen molar-refractivity contribution in [2.24, 2.45) is 5.73 Å². The maximum atomic E-state index is 11.0. The predicted molar refractivity (Wildman–Crippen MR) is 60.9 cm³/mol. The number of carbonyl (C=O) groups excluding carboxylic acids is 1. The summed E-state index contributed by atoms with van der Waals surface area (Å²) < 4.78 is 0. The third kappa shape index (κ3) is 3.74. The SMILES string of the molecule is NC(=O)C(Cc1ccc([N+](=O)[O-])cc1)NC(=O)O. The van der Waals surface area contributed by atoms with Crippen LogP contribution in [-0.4, -0.2) is 28.1 Å². The van der Waals surface area contributed by atoms with Gasteiger partial charge in [0.15, 0.2) is 0 Å². The van der Waals surface area contributed by atoms with Gasteiger partial charge in [0, 0.05) is 18.6 Å². The molecule has 4 N–H and O–H groups in total. The molecule has 0 heterocycles. The summed E-state index contributed by atoms with van der Waals surface area (Å²) in [5, 5.41) is 20.9. The first-order valence-corrected chi connectivity index (χ1v) is 4.92. The number of nitrogens with one attached hydrogen (secondary N) is 1. The third-order valence-electron chi connectivity index (χ3n) is 2.23. The summed E-state index contributed by atoms with van der Waals surface area (Å²) in [4.78, 5) is 31.3. The highest BCUT2D eigenvalue weighted by Crippen LogP contribution is 2.13. The number of hydrogen-bond acceptors (Lipinski definition) is 4.